The molecule has 0 aliphatic rings. The molecule has 0 bridgehead atoms. The molecule has 30 heavy (non-hydrogen) atoms. The zero-order valence-corrected chi connectivity index (χ0v) is 16.3. The Morgan fingerprint density at radius 1 is 1.00 bits per heavy atom. The lowest BCUT2D eigenvalue weighted by molar-refractivity contribution is 0.0691. The molecule has 1 amide bonds. The van der Waals surface area contributed by atoms with Gasteiger partial charge in [0.05, 0.1) is 12.7 Å². The van der Waals surface area contributed by atoms with Crippen LogP contribution >= 0.6 is 0 Å². The summed E-state index contributed by atoms with van der Waals surface area (Å²) in [5, 5.41) is 8.89. The maximum atomic E-state index is 13.9. The SMILES string of the molecule is COc1cc(C(=O)N=C(N)c2ccc(C(=O)O)c(F)c2)ccc1-c1ccccc1C. The van der Waals surface area contributed by atoms with E-state index in [0.717, 1.165) is 28.8 Å². The third-order valence-electron chi connectivity index (χ3n) is 4.60. The van der Waals surface area contributed by atoms with E-state index < -0.39 is 23.3 Å². The minimum Gasteiger partial charge on any atom is -0.496 e. The number of halogens is 1. The molecular weight excluding hydrogens is 387 g/mol. The molecule has 0 atom stereocenters. The van der Waals surface area contributed by atoms with E-state index in [0.29, 0.717) is 5.75 Å². The van der Waals surface area contributed by atoms with Crippen molar-refractivity contribution in [2.45, 2.75) is 6.92 Å². The van der Waals surface area contributed by atoms with Crippen LogP contribution in [0.1, 0.15) is 31.8 Å². The second-order valence-corrected chi connectivity index (χ2v) is 6.53. The smallest absolute Gasteiger partial charge is 0.338 e. The van der Waals surface area contributed by atoms with Crippen molar-refractivity contribution in [2.75, 3.05) is 7.11 Å². The number of hydrogen-bond donors (Lipinski definition) is 2. The number of nitrogens with two attached hydrogens (primary N) is 1. The zero-order chi connectivity index (χ0) is 21.8. The van der Waals surface area contributed by atoms with E-state index in [1.807, 2.05) is 31.2 Å². The average molecular weight is 406 g/mol. The quantitative estimate of drug-likeness (QED) is 0.492. The van der Waals surface area contributed by atoms with Gasteiger partial charge in [0.15, 0.2) is 0 Å². The number of hydrogen-bond acceptors (Lipinski definition) is 3. The van der Waals surface area contributed by atoms with Gasteiger partial charge in [-0.3, -0.25) is 4.79 Å². The number of carbonyl (C=O) groups excluding carboxylic acids is 1. The van der Waals surface area contributed by atoms with Crippen LogP contribution in [0.2, 0.25) is 0 Å². The highest BCUT2D eigenvalue weighted by Crippen LogP contribution is 2.33. The number of aromatic carboxylic acids is 1. The van der Waals surface area contributed by atoms with Gasteiger partial charge in [0.2, 0.25) is 0 Å². The second kappa shape index (κ2) is 8.57. The number of amides is 1. The molecule has 0 fully saturated rings. The zero-order valence-electron chi connectivity index (χ0n) is 16.3. The molecule has 0 heterocycles. The standard InChI is InChI=1S/C23H19FN2O4/c1-13-5-3-4-6-16(13)17-9-8-15(12-20(17)30-2)22(27)26-21(25)14-7-10-18(23(28)29)19(24)11-14/h3-12H,1-2H3,(H,28,29)(H2,25,26,27). The van der Waals surface area contributed by atoms with Crippen LogP contribution in [-0.4, -0.2) is 29.9 Å². The van der Waals surface area contributed by atoms with Gasteiger partial charge in [0, 0.05) is 16.7 Å². The van der Waals surface area contributed by atoms with E-state index in [2.05, 4.69) is 4.99 Å². The number of aliphatic imine (C=N–C) groups is 1. The highest BCUT2D eigenvalue weighted by molar-refractivity contribution is 6.09. The number of ether oxygens (including phenoxy) is 1. The molecule has 3 aromatic carbocycles. The van der Waals surface area contributed by atoms with Gasteiger partial charge in [-0.15, -0.1) is 0 Å². The summed E-state index contributed by atoms with van der Waals surface area (Å²) in [4.78, 5) is 27.3. The molecule has 7 heteroatoms. The van der Waals surface area contributed by atoms with Crippen LogP contribution in [-0.2, 0) is 0 Å². The van der Waals surface area contributed by atoms with Crippen molar-refractivity contribution in [3.05, 3.63) is 88.7 Å². The Balaban J connectivity index is 1.92. The Hall–Kier alpha value is -4.00. The van der Waals surface area contributed by atoms with Crippen molar-refractivity contribution in [1.29, 1.82) is 0 Å². The molecule has 0 radical (unpaired) electrons. The average Bonchev–Trinajstić information content (AvgIpc) is 2.73. The topological polar surface area (TPSA) is 102 Å². The molecule has 0 aliphatic heterocycles. The second-order valence-electron chi connectivity index (χ2n) is 6.53. The van der Waals surface area contributed by atoms with Gasteiger partial charge in [-0.05, 0) is 48.4 Å². The Morgan fingerprint density at radius 2 is 1.70 bits per heavy atom. The summed E-state index contributed by atoms with van der Waals surface area (Å²) in [6.45, 7) is 1.98. The number of aryl methyl sites for hydroxylation is 1. The summed E-state index contributed by atoms with van der Waals surface area (Å²) < 4.78 is 19.3. The third-order valence-corrected chi connectivity index (χ3v) is 4.60. The molecule has 0 saturated heterocycles. The van der Waals surface area contributed by atoms with Gasteiger partial charge in [0.1, 0.15) is 17.4 Å². The van der Waals surface area contributed by atoms with Gasteiger partial charge >= 0.3 is 5.97 Å². The first-order chi connectivity index (χ1) is 14.3. The van der Waals surface area contributed by atoms with Crippen LogP contribution in [0.3, 0.4) is 0 Å². The van der Waals surface area contributed by atoms with Gasteiger partial charge < -0.3 is 15.6 Å². The summed E-state index contributed by atoms with van der Waals surface area (Å²) in [5.74, 6) is -2.72. The van der Waals surface area contributed by atoms with Gasteiger partial charge in [-0.2, -0.15) is 4.99 Å². The maximum absolute atomic E-state index is 13.9. The molecule has 0 unspecified atom stereocenters. The van der Waals surface area contributed by atoms with E-state index in [1.165, 1.54) is 13.2 Å². The van der Waals surface area contributed by atoms with Gasteiger partial charge in [0.25, 0.3) is 5.91 Å². The fourth-order valence-electron chi connectivity index (χ4n) is 3.01. The predicted octanol–water partition coefficient (Wildman–Crippen LogP) is 4.05. The first-order valence-electron chi connectivity index (χ1n) is 8.97. The fourth-order valence-corrected chi connectivity index (χ4v) is 3.01. The first kappa shape index (κ1) is 20.7. The Bertz CT molecular complexity index is 1170. The highest BCUT2D eigenvalue weighted by Gasteiger charge is 2.15. The van der Waals surface area contributed by atoms with Crippen LogP contribution in [0.5, 0.6) is 5.75 Å². The minimum absolute atomic E-state index is 0.106. The summed E-state index contributed by atoms with van der Waals surface area (Å²) in [7, 11) is 1.51. The lowest BCUT2D eigenvalue weighted by atomic mass is 9.98. The van der Waals surface area contributed by atoms with Gasteiger partial charge in [-0.25, -0.2) is 9.18 Å². The van der Waals surface area contributed by atoms with Crippen molar-refractivity contribution >= 4 is 17.7 Å². The molecule has 0 saturated carbocycles. The number of rotatable bonds is 5. The molecular formula is C23H19FN2O4. The Kier molecular flexibility index (Phi) is 5.92. The van der Waals surface area contributed by atoms with E-state index >= 15 is 0 Å². The monoisotopic (exact) mass is 406 g/mol. The lowest BCUT2D eigenvalue weighted by Gasteiger charge is -2.12. The number of nitrogens with zero attached hydrogens (tertiary/aromatic N) is 1. The van der Waals surface area contributed by atoms with Crippen molar-refractivity contribution in [3.8, 4) is 16.9 Å². The van der Waals surface area contributed by atoms with Crippen molar-refractivity contribution in [1.82, 2.24) is 0 Å². The van der Waals surface area contributed by atoms with E-state index in [4.69, 9.17) is 15.6 Å². The Labute approximate surface area is 172 Å². The molecule has 3 aromatic rings. The summed E-state index contributed by atoms with van der Waals surface area (Å²) in [5.41, 5.74) is 8.55. The van der Waals surface area contributed by atoms with Gasteiger partial charge in [-0.1, -0.05) is 30.3 Å². The number of amidine groups is 1. The summed E-state index contributed by atoms with van der Waals surface area (Å²) in [6, 6.07) is 16.0. The predicted molar refractivity (Wildman–Crippen MR) is 112 cm³/mol. The van der Waals surface area contributed by atoms with Crippen molar-refractivity contribution < 1.29 is 23.8 Å². The fraction of sp³-hybridized carbons (Fsp3) is 0.0870. The summed E-state index contributed by atoms with van der Waals surface area (Å²) in [6.07, 6.45) is 0. The largest absolute Gasteiger partial charge is 0.496 e. The van der Waals surface area contributed by atoms with Crippen LogP contribution in [0, 0.1) is 12.7 Å². The van der Waals surface area contributed by atoms with Crippen LogP contribution < -0.4 is 10.5 Å². The normalized spacial score (nSPS) is 11.2. The molecule has 0 aliphatic carbocycles. The molecule has 152 valence electrons. The van der Waals surface area contributed by atoms with Crippen LogP contribution in [0.4, 0.5) is 4.39 Å². The van der Waals surface area contributed by atoms with Crippen LogP contribution in [0.25, 0.3) is 11.1 Å². The lowest BCUT2D eigenvalue weighted by Crippen LogP contribution is -2.17. The number of carboxylic acids is 1. The van der Waals surface area contributed by atoms with Crippen molar-refractivity contribution in [2.24, 2.45) is 10.7 Å². The molecule has 3 N–H and O–H groups in total. The number of carbonyl (C=O) groups is 2. The molecule has 0 spiro atoms. The maximum Gasteiger partial charge on any atom is 0.338 e. The summed E-state index contributed by atoms with van der Waals surface area (Å²) >= 11 is 0. The Morgan fingerprint density at radius 3 is 2.33 bits per heavy atom. The number of carboxylic acid groups (broad SMARTS) is 1. The molecule has 3 rings (SSSR count). The highest BCUT2D eigenvalue weighted by atomic mass is 19.1. The van der Waals surface area contributed by atoms with Crippen LogP contribution in [0.15, 0.2) is 65.7 Å². The minimum atomic E-state index is -1.40. The van der Waals surface area contributed by atoms with E-state index in [-0.39, 0.29) is 17.0 Å². The first-order valence-corrected chi connectivity index (χ1v) is 8.97. The number of benzene rings is 3. The van der Waals surface area contributed by atoms with Crippen molar-refractivity contribution in [3.63, 3.8) is 0 Å². The van der Waals surface area contributed by atoms with E-state index in [1.54, 1.807) is 18.2 Å². The van der Waals surface area contributed by atoms with E-state index in [9.17, 15) is 14.0 Å². The third kappa shape index (κ3) is 4.20. The molecule has 0 aromatic heterocycles. The molecule has 6 nitrogen and oxygen atoms in total. The number of methoxy groups -OCH3 is 1.